The summed E-state index contributed by atoms with van der Waals surface area (Å²) in [5, 5.41) is 16.2. The second-order valence-electron chi connectivity index (χ2n) is 5.98. The molecule has 4 rings (SSSR count). The van der Waals surface area contributed by atoms with Gasteiger partial charge in [0, 0.05) is 23.5 Å². The topological polar surface area (TPSA) is 76.7 Å². The normalized spacial score (nSPS) is 11.3. The summed E-state index contributed by atoms with van der Waals surface area (Å²) in [4.78, 5) is 4.13. The molecule has 8 heteroatoms. The molecule has 0 saturated heterocycles. The maximum atomic E-state index is 5.33. The van der Waals surface area contributed by atoms with Crippen LogP contribution in [-0.4, -0.2) is 35.9 Å². The van der Waals surface area contributed by atoms with Gasteiger partial charge in [-0.1, -0.05) is 18.2 Å². The SMILES string of the molecule is Cc1nn(-c2ccccc2)c(C)c1/C=N\n1c(-c2cccnc2)n[nH]c1=S. The number of rotatable bonds is 4. The number of benzene rings is 1. The van der Waals surface area contributed by atoms with Crippen LogP contribution in [0.4, 0.5) is 0 Å². The molecule has 0 saturated carbocycles. The summed E-state index contributed by atoms with van der Waals surface area (Å²) in [7, 11) is 0. The summed E-state index contributed by atoms with van der Waals surface area (Å²) in [6.45, 7) is 3.98. The Kier molecular flexibility index (Phi) is 4.47. The van der Waals surface area contributed by atoms with E-state index in [0.717, 1.165) is 28.2 Å². The first kappa shape index (κ1) is 17.0. The van der Waals surface area contributed by atoms with Crippen molar-refractivity contribution >= 4 is 18.4 Å². The second kappa shape index (κ2) is 7.08. The van der Waals surface area contributed by atoms with Gasteiger partial charge in [-0.15, -0.1) is 0 Å². The van der Waals surface area contributed by atoms with Crippen LogP contribution in [0.2, 0.25) is 0 Å². The Morgan fingerprint density at radius 3 is 2.67 bits per heavy atom. The summed E-state index contributed by atoms with van der Waals surface area (Å²) < 4.78 is 3.91. The molecule has 0 aliphatic carbocycles. The number of H-pyrrole nitrogens is 1. The largest absolute Gasteiger partial charge is 0.264 e. The molecule has 0 radical (unpaired) electrons. The highest BCUT2D eigenvalue weighted by Crippen LogP contribution is 2.18. The van der Waals surface area contributed by atoms with Crippen LogP contribution in [-0.2, 0) is 0 Å². The van der Waals surface area contributed by atoms with E-state index in [9.17, 15) is 0 Å². The second-order valence-corrected chi connectivity index (χ2v) is 6.37. The Balaban J connectivity index is 1.74. The molecule has 134 valence electrons. The molecule has 7 nitrogen and oxygen atoms in total. The van der Waals surface area contributed by atoms with Gasteiger partial charge in [-0.3, -0.25) is 4.98 Å². The first-order valence-corrected chi connectivity index (χ1v) is 8.80. The summed E-state index contributed by atoms with van der Waals surface area (Å²) in [5.74, 6) is 0.607. The van der Waals surface area contributed by atoms with Gasteiger partial charge >= 0.3 is 0 Å². The molecule has 0 aliphatic rings. The summed E-state index contributed by atoms with van der Waals surface area (Å²) in [6, 6.07) is 13.8. The number of aryl methyl sites for hydroxylation is 1. The first-order chi connectivity index (χ1) is 13.1. The maximum Gasteiger partial charge on any atom is 0.216 e. The maximum absolute atomic E-state index is 5.33. The third kappa shape index (κ3) is 3.22. The Morgan fingerprint density at radius 1 is 1.11 bits per heavy atom. The lowest BCUT2D eigenvalue weighted by Gasteiger charge is -2.03. The zero-order valence-electron chi connectivity index (χ0n) is 14.9. The highest BCUT2D eigenvalue weighted by atomic mass is 32.1. The van der Waals surface area contributed by atoms with E-state index in [0.29, 0.717) is 10.6 Å². The number of pyridine rings is 1. The molecule has 0 aliphatic heterocycles. The van der Waals surface area contributed by atoms with Crippen molar-refractivity contribution in [3.05, 3.63) is 76.6 Å². The molecule has 1 aromatic carbocycles. The van der Waals surface area contributed by atoms with Crippen LogP contribution in [0.25, 0.3) is 17.1 Å². The van der Waals surface area contributed by atoms with Gasteiger partial charge in [-0.25, -0.2) is 9.78 Å². The van der Waals surface area contributed by atoms with E-state index in [4.69, 9.17) is 12.2 Å². The van der Waals surface area contributed by atoms with E-state index in [1.807, 2.05) is 61.0 Å². The van der Waals surface area contributed by atoms with E-state index < -0.39 is 0 Å². The third-order valence-electron chi connectivity index (χ3n) is 4.22. The average molecular weight is 375 g/mol. The molecular weight excluding hydrogens is 358 g/mol. The van der Waals surface area contributed by atoms with Gasteiger partial charge in [0.1, 0.15) is 0 Å². The highest BCUT2D eigenvalue weighted by Gasteiger charge is 2.12. The monoisotopic (exact) mass is 375 g/mol. The Hall–Kier alpha value is -3.39. The molecule has 0 atom stereocenters. The molecule has 0 fully saturated rings. The van der Waals surface area contributed by atoms with Crippen molar-refractivity contribution in [2.75, 3.05) is 0 Å². The molecule has 3 aromatic heterocycles. The lowest BCUT2D eigenvalue weighted by Crippen LogP contribution is -1.99. The van der Waals surface area contributed by atoms with Gasteiger partial charge in [0.2, 0.25) is 4.77 Å². The number of aromatic nitrogens is 6. The lowest BCUT2D eigenvalue weighted by molar-refractivity contribution is 0.833. The van der Waals surface area contributed by atoms with Gasteiger partial charge in [-0.05, 0) is 50.3 Å². The van der Waals surface area contributed by atoms with Crippen molar-refractivity contribution in [2.45, 2.75) is 13.8 Å². The van der Waals surface area contributed by atoms with Crippen molar-refractivity contribution in [1.82, 2.24) is 29.6 Å². The fourth-order valence-corrected chi connectivity index (χ4v) is 3.04. The number of nitrogens with one attached hydrogen (secondary N) is 1. The van der Waals surface area contributed by atoms with Gasteiger partial charge in [-0.2, -0.15) is 20.0 Å². The zero-order chi connectivity index (χ0) is 18.8. The van der Waals surface area contributed by atoms with Gasteiger partial charge < -0.3 is 0 Å². The van der Waals surface area contributed by atoms with Gasteiger partial charge in [0.15, 0.2) is 5.82 Å². The molecule has 1 N–H and O–H groups in total. The number of aromatic amines is 1. The minimum atomic E-state index is 0.413. The molecule has 27 heavy (non-hydrogen) atoms. The van der Waals surface area contributed by atoms with E-state index in [1.54, 1.807) is 23.3 Å². The quantitative estimate of drug-likeness (QED) is 0.436. The smallest absolute Gasteiger partial charge is 0.216 e. The highest BCUT2D eigenvalue weighted by molar-refractivity contribution is 7.71. The first-order valence-electron chi connectivity index (χ1n) is 8.39. The average Bonchev–Trinajstić information content (AvgIpc) is 3.21. The molecule has 0 amide bonds. The van der Waals surface area contributed by atoms with Crippen molar-refractivity contribution < 1.29 is 0 Å². The van der Waals surface area contributed by atoms with Crippen LogP contribution in [0, 0.1) is 18.6 Å². The van der Waals surface area contributed by atoms with E-state index >= 15 is 0 Å². The standard InChI is InChI=1S/C19H17N7S/c1-13-17(14(2)25(24-13)16-8-4-3-5-9-16)12-21-26-18(22-23-19(26)27)15-7-6-10-20-11-15/h3-12H,1-2H3,(H,23,27)/b21-12-. The molecule has 0 bridgehead atoms. The molecular formula is C19H17N7S. The van der Waals surface area contributed by atoms with Crippen LogP contribution in [0.15, 0.2) is 60.0 Å². The minimum Gasteiger partial charge on any atom is -0.264 e. The van der Waals surface area contributed by atoms with Crippen LogP contribution in [0.1, 0.15) is 17.0 Å². The van der Waals surface area contributed by atoms with Crippen LogP contribution < -0.4 is 0 Å². The van der Waals surface area contributed by atoms with E-state index in [2.05, 4.69) is 25.4 Å². The van der Waals surface area contributed by atoms with Gasteiger partial charge in [0.25, 0.3) is 0 Å². The fraction of sp³-hybridized carbons (Fsp3) is 0.105. The molecule has 0 unspecified atom stereocenters. The Labute approximate surface area is 161 Å². The van der Waals surface area contributed by atoms with Crippen LogP contribution in [0.5, 0.6) is 0 Å². The Morgan fingerprint density at radius 2 is 1.93 bits per heavy atom. The third-order valence-corrected chi connectivity index (χ3v) is 4.48. The number of para-hydroxylation sites is 1. The van der Waals surface area contributed by atoms with Crippen molar-refractivity contribution in [3.63, 3.8) is 0 Å². The number of hydrogen-bond acceptors (Lipinski definition) is 5. The van der Waals surface area contributed by atoms with Crippen molar-refractivity contribution in [2.24, 2.45) is 5.10 Å². The molecule has 3 heterocycles. The molecule has 0 spiro atoms. The minimum absolute atomic E-state index is 0.413. The summed E-state index contributed by atoms with van der Waals surface area (Å²) in [5.41, 5.74) is 4.67. The summed E-state index contributed by atoms with van der Waals surface area (Å²) in [6.07, 6.45) is 5.20. The lowest BCUT2D eigenvalue weighted by atomic mass is 10.2. The van der Waals surface area contributed by atoms with Crippen molar-refractivity contribution in [1.29, 1.82) is 0 Å². The number of nitrogens with zero attached hydrogens (tertiary/aromatic N) is 6. The molecule has 4 aromatic rings. The predicted octanol–water partition coefficient (Wildman–Crippen LogP) is 3.69. The Bertz CT molecular complexity index is 1150. The fourth-order valence-electron chi connectivity index (χ4n) is 2.86. The zero-order valence-corrected chi connectivity index (χ0v) is 15.7. The van der Waals surface area contributed by atoms with E-state index in [-0.39, 0.29) is 0 Å². The number of hydrogen-bond donors (Lipinski definition) is 1. The van der Waals surface area contributed by atoms with Crippen molar-refractivity contribution in [3.8, 4) is 17.1 Å². The predicted molar refractivity (Wildman–Crippen MR) is 107 cm³/mol. The van der Waals surface area contributed by atoms with E-state index in [1.165, 1.54) is 0 Å². The van der Waals surface area contributed by atoms with Crippen LogP contribution in [0.3, 0.4) is 0 Å². The van der Waals surface area contributed by atoms with Gasteiger partial charge in [0.05, 0.1) is 23.3 Å². The van der Waals surface area contributed by atoms with Crippen LogP contribution >= 0.6 is 12.2 Å². The summed E-state index contributed by atoms with van der Waals surface area (Å²) >= 11 is 5.33.